The van der Waals surface area contributed by atoms with Gasteiger partial charge in [0.2, 0.25) is 0 Å². The lowest BCUT2D eigenvalue weighted by Crippen LogP contribution is -2.19. The number of benzene rings is 1. The number of nitrogens with zero attached hydrogens (tertiary/aromatic N) is 1. The SMILES string of the molecule is COc1ccc(C(C)=NNC(=O)c2ccoc2C)cc1. The fourth-order valence-corrected chi connectivity index (χ4v) is 1.71. The molecule has 0 spiro atoms. The van der Waals surface area contributed by atoms with Crippen LogP contribution in [0.25, 0.3) is 0 Å². The number of amides is 1. The van der Waals surface area contributed by atoms with Crippen molar-refractivity contribution < 1.29 is 13.9 Å². The van der Waals surface area contributed by atoms with Crippen molar-refractivity contribution in [3.05, 3.63) is 53.5 Å². The van der Waals surface area contributed by atoms with Gasteiger partial charge in [0.1, 0.15) is 11.5 Å². The van der Waals surface area contributed by atoms with Crippen LogP contribution in [0.5, 0.6) is 5.75 Å². The summed E-state index contributed by atoms with van der Waals surface area (Å²) in [5.74, 6) is 1.06. The zero-order valence-electron chi connectivity index (χ0n) is 11.6. The summed E-state index contributed by atoms with van der Waals surface area (Å²) in [6.45, 7) is 3.55. The third-order valence-electron chi connectivity index (χ3n) is 2.94. The Morgan fingerprint density at radius 3 is 2.50 bits per heavy atom. The summed E-state index contributed by atoms with van der Waals surface area (Å²) in [5.41, 5.74) is 4.62. The predicted octanol–water partition coefficient (Wildman–Crippen LogP) is 2.75. The minimum atomic E-state index is -0.288. The third-order valence-corrected chi connectivity index (χ3v) is 2.94. The van der Waals surface area contributed by atoms with Gasteiger partial charge in [-0.2, -0.15) is 5.10 Å². The highest BCUT2D eigenvalue weighted by Gasteiger charge is 2.10. The Labute approximate surface area is 117 Å². The maximum absolute atomic E-state index is 11.9. The summed E-state index contributed by atoms with van der Waals surface area (Å²) in [4.78, 5) is 11.9. The van der Waals surface area contributed by atoms with Crippen LogP contribution in [0.2, 0.25) is 0 Å². The molecule has 1 aromatic heterocycles. The van der Waals surface area contributed by atoms with Crippen LogP contribution in [0.1, 0.15) is 28.6 Å². The van der Waals surface area contributed by atoms with Gasteiger partial charge in [-0.25, -0.2) is 5.43 Å². The number of hydrogen-bond acceptors (Lipinski definition) is 4. The Kier molecular flexibility index (Phi) is 4.20. The first-order valence-electron chi connectivity index (χ1n) is 6.15. The molecule has 1 amide bonds. The maximum Gasteiger partial charge on any atom is 0.274 e. The predicted molar refractivity (Wildman–Crippen MR) is 76.1 cm³/mol. The Bertz CT molecular complexity index is 627. The maximum atomic E-state index is 11.9. The minimum Gasteiger partial charge on any atom is -0.497 e. The van der Waals surface area contributed by atoms with E-state index in [9.17, 15) is 4.79 Å². The molecule has 0 saturated heterocycles. The van der Waals surface area contributed by atoms with E-state index in [1.807, 2.05) is 31.2 Å². The summed E-state index contributed by atoms with van der Waals surface area (Å²) in [5, 5.41) is 4.08. The van der Waals surface area contributed by atoms with Crippen molar-refractivity contribution in [2.24, 2.45) is 5.10 Å². The van der Waals surface area contributed by atoms with Gasteiger partial charge < -0.3 is 9.15 Å². The monoisotopic (exact) mass is 272 g/mol. The van der Waals surface area contributed by atoms with Crippen LogP contribution in [0.4, 0.5) is 0 Å². The highest BCUT2D eigenvalue weighted by Crippen LogP contribution is 2.12. The van der Waals surface area contributed by atoms with Gasteiger partial charge in [0.25, 0.3) is 5.91 Å². The number of hydrogen-bond donors (Lipinski definition) is 1. The highest BCUT2D eigenvalue weighted by atomic mass is 16.5. The van der Waals surface area contributed by atoms with E-state index in [1.54, 1.807) is 20.1 Å². The molecule has 104 valence electrons. The summed E-state index contributed by atoms with van der Waals surface area (Å²) < 4.78 is 10.2. The van der Waals surface area contributed by atoms with Gasteiger partial charge in [0.15, 0.2) is 0 Å². The molecule has 1 N–H and O–H groups in total. The van der Waals surface area contributed by atoms with E-state index in [4.69, 9.17) is 9.15 Å². The molecule has 0 aliphatic carbocycles. The molecule has 1 heterocycles. The van der Waals surface area contributed by atoms with Crippen molar-refractivity contribution in [2.45, 2.75) is 13.8 Å². The first-order valence-corrected chi connectivity index (χ1v) is 6.15. The van der Waals surface area contributed by atoms with Crippen LogP contribution < -0.4 is 10.2 Å². The molecule has 0 atom stereocenters. The second-order valence-corrected chi connectivity index (χ2v) is 4.26. The Morgan fingerprint density at radius 2 is 1.95 bits per heavy atom. The molecular weight excluding hydrogens is 256 g/mol. The lowest BCUT2D eigenvalue weighted by Gasteiger charge is -2.04. The highest BCUT2D eigenvalue weighted by molar-refractivity contribution is 6.01. The van der Waals surface area contributed by atoms with Crippen LogP contribution >= 0.6 is 0 Å². The van der Waals surface area contributed by atoms with E-state index in [1.165, 1.54) is 6.26 Å². The standard InChI is InChI=1S/C15H16N2O3/c1-10(12-4-6-13(19-3)7-5-12)16-17-15(18)14-8-9-20-11(14)2/h4-9H,1-3H3,(H,17,18). The van der Waals surface area contributed by atoms with Crippen molar-refractivity contribution in [2.75, 3.05) is 7.11 Å². The van der Waals surface area contributed by atoms with E-state index in [0.29, 0.717) is 17.0 Å². The number of aryl methyl sites for hydroxylation is 1. The average molecular weight is 272 g/mol. The summed E-state index contributed by atoms with van der Waals surface area (Å²) in [7, 11) is 1.61. The Morgan fingerprint density at radius 1 is 1.25 bits per heavy atom. The number of carbonyl (C=O) groups excluding carboxylic acids is 1. The van der Waals surface area contributed by atoms with Crippen molar-refractivity contribution in [3.63, 3.8) is 0 Å². The largest absolute Gasteiger partial charge is 0.497 e. The van der Waals surface area contributed by atoms with Crippen molar-refractivity contribution >= 4 is 11.6 Å². The normalized spacial score (nSPS) is 11.2. The first kappa shape index (κ1) is 13.9. The van der Waals surface area contributed by atoms with Crippen LogP contribution in [0, 0.1) is 6.92 Å². The van der Waals surface area contributed by atoms with Crippen LogP contribution in [0.3, 0.4) is 0 Å². The second-order valence-electron chi connectivity index (χ2n) is 4.26. The zero-order valence-corrected chi connectivity index (χ0v) is 11.6. The van der Waals surface area contributed by atoms with Gasteiger partial charge in [-0.1, -0.05) is 0 Å². The fourth-order valence-electron chi connectivity index (χ4n) is 1.71. The Balaban J connectivity index is 2.07. The molecule has 5 heteroatoms. The van der Waals surface area contributed by atoms with Crippen molar-refractivity contribution in [1.29, 1.82) is 0 Å². The van der Waals surface area contributed by atoms with Gasteiger partial charge in [0, 0.05) is 0 Å². The van der Waals surface area contributed by atoms with E-state index in [-0.39, 0.29) is 5.91 Å². The van der Waals surface area contributed by atoms with Gasteiger partial charge in [-0.15, -0.1) is 0 Å². The summed E-state index contributed by atoms with van der Waals surface area (Å²) in [6, 6.07) is 9.07. The molecule has 5 nitrogen and oxygen atoms in total. The second kappa shape index (κ2) is 6.06. The first-order chi connectivity index (χ1) is 9.61. The number of carbonyl (C=O) groups is 1. The number of nitrogens with one attached hydrogen (secondary N) is 1. The van der Waals surface area contributed by atoms with Gasteiger partial charge in [-0.05, 0) is 49.7 Å². The van der Waals surface area contributed by atoms with Crippen molar-refractivity contribution in [3.8, 4) is 5.75 Å². The molecule has 0 unspecified atom stereocenters. The lowest BCUT2D eigenvalue weighted by atomic mass is 10.1. The molecular formula is C15H16N2O3. The molecule has 2 aromatic rings. The lowest BCUT2D eigenvalue weighted by molar-refractivity contribution is 0.0953. The quantitative estimate of drug-likeness (QED) is 0.687. The number of hydrazone groups is 1. The molecule has 1 aromatic carbocycles. The molecule has 0 fully saturated rings. The topological polar surface area (TPSA) is 63.8 Å². The molecule has 0 radical (unpaired) electrons. The van der Waals surface area contributed by atoms with Crippen LogP contribution in [-0.2, 0) is 0 Å². The molecule has 2 rings (SSSR count). The van der Waals surface area contributed by atoms with E-state index in [2.05, 4.69) is 10.5 Å². The average Bonchev–Trinajstić information content (AvgIpc) is 2.90. The number of ether oxygens (including phenoxy) is 1. The van der Waals surface area contributed by atoms with Gasteiger partial charge in [0.05, 0.1) is 24.6 Å². The molecule has 0 bridgehead atoms. The Hall–Kier alpha value is -2.56. The van der Waals surface area contributed by atoms with Crippen LogP contribution in [-0.4, -0.2) is 18.7 Å². The van der Waals surface area contributed by atoms with Gasteiger partial charge in [-0.3, -0.25) is 4.79 Å². The van der Waals surface area contributed by atoms with E-state index >= 15 is 0 Å². The summed E-state index contributed by atoms with van der Waals surface area (Å²) >= 11 is 0. The van der Waals surface area contributed by atoms with Gasteiger partial charge >= 0.3 is 0 Å². The minimum absolute atomic E-state index is 0.288. The van der Waals surface area contributed by atoms with Crippen molar-refractivity contribution in [1.82, 2.24) is 5.43 Å². The van der Waals surface area contributed by atoms with Crippen LogP contribution in [0.15, 0.2) is 46.1 Å². The third kappa shape index (κ3) is 3.06. The summed E-state index contributed by atoms with van der Waals surface area (Å²) in [6.07, 6.45) is 1.48. The smallest absolute Gasteiger partial charge is 0.274 e. The molecule has 0 saturated carbocycles. The fraction of sp³-hybridized carbons (Fsp3) is 0.200. The number of methoxy groups -OCH3 is 1. The van der Waals surface area contributed by atoms with E-state index in [0.717, 1.165) is 11.3 Å². The number of furan rings is 1. The molecule has 0 aliphatic heterocycles. The molecule has 0 aliphatic rings. The van der Waals surface area contributed by atoms with E-state index < -0.39 is 0 Å². The number of rotatable bonds is 4. The zero-order chi connectivity index (χ0) is 14.5. The molecule has 20 heavy (non-hydrogen) atoms.